The number of ketones is 1. The van der Waals surface area contributed by atoms with E-state index in [0.717, 1.165) is 38.5 Å². The van der Waals surface area contributed by atoms with Gasteiger partial charge in [0.2, 0.25) is 0 Å². The van der Waals surface area contributed by atoms with Crippen LogP contribution in [-0.2, 0) is 14.3 Å². The van der Waals surface area contributed by atoms with Crippen molar-refractivity contribution < 1.29 is 14.3 Å². The average molecular weight is 663 g/mol. The number of hydrogen-bond acceptors (Lipinski definition) is 3. The predicted molar refractivity (Wildman–Crippen MR) is 207 cm³/mol. The van der Waals surface area contributed by atoms with Gasteiger partial charge in [0.15, 0.2) is 0 Å². The Kier molecular flexibility index (Phi) is 38.9. The maximum Gasteiger partial charge on any atom is 0.316 e. The molecule has 0 rings (SSSR count). The topological polar surface area (TPSA) is 43.4 Å². The lowest BCUT2D eigenvalue weighted by atomic mass is 9.92. The van der Waals surface area contributed by atoms with Gasteiger partial charge >= 0.3 is 5.97 Å². The molecule has 0 aliphatic carbocycles. The molecule has 0 radical (unpaired) electrons. The van der Waals surface area contributed by atoms with Crippen molar-refractivity contribution in [3.63, 3.8) is 0 Å². The number of esters is 1. The minimum absolute atomic E-state index is 0.140. The fourth-order valence-electron chi connectivity index (χ4n) is 6.95. The Balaban J connectivity index is 4.11. The van der Waals surface area contributed by atoms with Crippen LogP contribution in [0.25, 0.3) is 0 Å². The molecule has 0 spiro atoms. The standard InChI is InChI=1S/C44H86O3/c1-4-7-10-13-16-19-21-22-23-24-25-26-29-32-35-38-41-47-44(46)42(39-36-33-30-28-20-17-14-11-8-5-2)43(45)40-37-34-31-27-18-15-12-9-6-3/h42H,4-41H2,1-3H3. The smallest absolute Gasteiger partial charge is 0.316 e. The van der Waals surface area contributed by atoms with Gasteiger partial charge in [0.05, 0.1) is 6.61 Å². The van der Waals surface area contributed by atoms with E-state index in [1.165, 1.54) is 186 Å². The largest absolute Gasteiger partial charge is 0.465 e. The Bertz CT molecular complexity index is 630. The summed E-state index contributed by atoms with van der Waals surface area (Å²) in [4.78, 5) is 26.2. The number of rotatable bonds is 40. The van der Waals surface area contributed by atoms with Crippen LogP contribution in [0.15, 0.2) is 0 Å². The second kappa shape index (κ2) is 39.6. The predicted octanol–water partition coefficient (Wildman–Crippen LogP) is 15.2. The summed E-state index contributed by atoms with van der Waals surface area (Å²) in [7, 11) is 0. The fraction of sp³-hybridized carbons (Fsp3) is 0.955. The molecule has 0 aromatic carbocycles. The Morgan fingerprint density at radius 1 is 0.362 bits per heavy atom. The number of carbonyl (C=O) groups excluding carboxylic acids is 2. The van der Waals surface area contributed by atoms with Crippen LogP contribution in [0, 0.1) is 5.92 Å². The van der Waals surface area contributed by atoms with E-state index in [1.54, 1.807) is 0 Å². The third-order valence-electron chi connectivity index (χ3n) is 10.3. The van der Waals surface area contributed by atoms with Crippen LogP contribution in [0.1, 0.15) is 258 Å². The van der Waals surface area contributed by atoms with E-state index in [9.17, 15) is 9.59 Å². The molecule has 0 saturated carbocycles. The van der Waals surface area contributed by atoms with Gasteiger partial charge in [-0.3, -0.25) is 9.59 Å². The van der Waals surface area contributed by atoms with Crippen LogP contribution < -0.4 is 0 Å². The van der Waals surface area contributed by atoms with Crippen molar-refractivity contribution in [2.24, 2.45) is 5.92 Å². The molecule has 0 aliphatic heterocycles. The number of hydrogen-bond donors (Lipinski definition) is 0. The maximum atomic E-state index is 13.2. The highest BCUT2D eigenvalue weighted by Crippen LogP contribution is 2.20. The minimum Gasteiger partial charge on any atom is -0.465 e. The normalized spacial score (nSPS) is 12.1. The maximum absolute atomic E-state index is 13.2. The summed E-state index contributed by atoms with van der Waals surface area (Å²) in [5.74, 6) is -0.622. The molecule has 280 valence electrons. The third kappa shape index (κ3) is 34.8. The van der Waals surface area contributed by atoms with Gasteiger partial charge in [-0.25, -0.2) is 0 Å². The van der Waals surface area contributed by atoms with Crippen molar-refractivity contribution in [1.29, 1.82) is 0 Å². The first-order valence-electron chi connectivity index (χ1n) is 21.9. The first kappa shape index (κ1) is 46.1. The van der Waals surface area contributed by atoms with Gasteiger partial charge in [0, 0.05) is 6.42 Å². The van der Waals surface area contributed by atoms with Crippen LogP contribution in [0.4, 0.5) is 0 Å². The number of Topliss-reactive ketones (excluding diaryl/α,β-unsaturated/α-hetero) is 1. The molecule has 1 atom stereocenters. The second-order valence-electron chi connectivity index (χ2n) is 15.0. The van der Waals surface area contributed by atoms with Crippen molar-refractivity contribution >= 4 is 11.8 Å². The second-order valence-corrected chi connectivity index (χ2v) is 15.0. The van der Waals surface area contributed by atoms with Crippen LogP contribution in [0.3, 0.4) is 0 Å². The van der Waals surface area contributed by atoms with Crippen molar-refractivity contribution in [3.05, 3.63) is 0 Å². The highest BCUT2D eigenvalue weighted by atomic mass is 16.5. The van der Waals surface area contributed by atoms with E-state index < -0.39 is 5.92 Å². The van der Waals surface area contributed by atoms with Gasteiger partial charge in [0.25, 0.3) is 0 Å². The summed E-state index contributed by atoms with van der Waals surface area (Å²) < 4.78 is 5.72. The lowest BCUT2D eigenvalue weighted by Gasteiger charge is -2.15. The summed E-state index contributed by atoms with van der Waals surface area (Å²) in [5, 5.41) is 0. The molecule has 3 nitrogen and oxygen atoms in total. The molecule has 0 aliphatic rings. The van der Waals surface area contributed by atoms with Crippen LogP contribution in [0.2, 0.25) is 0 Å². The van der Waals surface area contributed by atoms with E-state index in [1.807, 2.05) is 0 Å². The van der Waals surface area contributed by atoms with Crippen LogP contribution >= 0.6 is 0 Å². The Morgan fingerprint density at radius 2 is 0.638 bits per heavy atom. The third-order valence-corrected chi connectivity index (χ3v) is 10.3. The summed E-state index contributed by atoms with van der Waals surface area (Å²) in [6, 6.07) is 0. The molecule has 0 amide bonds. The highest BCUT2D eigenvalue weighted by molar-refractivity contribution is 5.98. The molecule has 0 heterocycles. The number of unbranched alkanes of at least 4 members (excludes halogenated alkanes) is 32. The van der Waals surface area contributed by atoms with Gasteiger partial charge in [-0.1, -0.05) is 233 Å². The van der Waals surface area contributed by atoms with Gasteiger partial charge in [-0.05, 0) is 19.3 Å². The average Bonchev–Trinajstić information content (AvgIpc) is 3.07. The molecular weight excluding hydrogens is 576 g/mol. The minimum atomic E-state index is -0.529. The van der Waals surface area contributed by atoms with Gasteiger partial charge in [0.1, 0.15) is 11.7 Å². The Labute approximate surface area is 296 Å². The molecule has 0 saturated heterocycles. The van der Waals surface area contributed by atoms with Crippen molar-refractivity contribution in [1.82, 2.24) is 0 Å². The summed E-state index contributed by atoms with van der Waals surface area (Å²) >= 11 is 0. The molecule has 0 aromatic rings. The van der Waals surface area contributed by atoms with E-state index in [0.29, 0.717) is 19.4 Å². The lowest BCUT2D eigenvalue weighted by Crippen LogP contribution is -2.26. The summed E-state index contributed by atoms with van der Waals surface area (Å²) in [6.07, 6.45) is 46.5. The molecule has 47 heavy (non-hydrogen) atoms. The van der Waals surface area contributed by atoms with Crippen molar-refractivity contribution in [3.8, 4) is 0 Å². The molecule has 0 aromatic heterocycles. The molecule has 0 bridgehead atoms. The molecule has 1 unspecified atom stereocenters. The first-order valence-corrected chi connectivity index (χ1v) is 21.9. The van der Waals surface area contributed by atoms with E-state index >= 15 is 0 Å². The van der Waals surface area contributed by atoms with Crippen LogP contribution in [-0.4, -0.2) is 18.4 Å². The summed E-state index contributed by atoms with van der Waals surface area (Å²) in [6.45, 7) is 7.30. The zero-order valence-electron chi connectivity index (χ0n) is 32.7. The van der Waals surface area contributed by atoms with E-state index in [2.05, 4.69) is 20.8 Å². The zero-order chi connectivity index (χ0) is 34.3. The summed E-state index contributed by atoms with van der Waals surface area (Å²) in [5.41, 5.74) is 0. The van der Waals surface area contributed by atoms with Gasteiger partial charge in [-0.2, -0.15) is 0 Å². The van der Waals surface area contributed by atoms with Crippen molar-refractivity contribution in [2.75, 3.05) is 6.61 Å². The number of carbonyl (C=O) groups is 2. The molecule has 0 N–H and O–H groups in total. The molecule has 0 fully saturated rings. The van der Waals surface area contributed by atoms with Crippen molar-refractivity contribution in [2.45, 2.75) is 258 Å². The molecular formula is C44H86O3. The van der Waals surface area contributed by atoms with Gasteiger partial charge < -0.3 is 4.74 Å². The van der Waals surface area contributed by atoms with E-state index in [4.69, 9.17) is 4.74 Å². The highest BCUT2D eigenvalue weighted by Gasteiger charge is 2.27. The quantitative estimate of drug-likeness (QED) is 0.0372. The SMILES string of the molecule is CCCCCCCCCCCCCCCCCCOC(=O)C(CCCCCCCCCCCC)C(=O)CCCCCCCCCCC. The fourth-order valence-corrected chi connectivity index (χ4v) is 6.95. The zero-order valence-corrected chi connectivity index (χ0v) is 32.7. The Morgan fingerprint density at radius 3 is 0.979 bits per heavy atom. The molecule has 3 heteroatoms. The Hall–Kier alpha value is -0.860. The van der Waals surface area contributed by atoms with Crippen LogP contribution in [0.5, 0.6) is 0 Å². The first-order chi connectivity index (χ1) is 23.2. The lowest BCUT2D eigenvalue weighted by molar-refractivity contribution is -0.152. The monoisotopic (exact) mass is 663 g/mol. The number of ether oxygens (including phenoxy) is 1. The van der Waals surface area contributed by atoms with E-state index in [-0.39, 0.29) is 11.8 Å². The van der Waals surface area contributed by atoms with Gasteiger partial charge in [-0.15, -0.1) is 0 Å².